The molecule has 1 heterocycles. The SMILES string of the molecule is CC(=O)c1ccc2c3ccc(C(C)=O)cc3n(S)c2c1. The number of hydrogen-bond donors (Lipinski definition) is 1. The molecule has 3 nitrogen and oxygen atoms in total. The van der Waals surface area contributed by atoms with E-state index in [-0.39, 0.29) is 11.6 Å². The van der Waals surface area contributed by atoms with Crippen LogP contribution >= 0.6 is 12.8 Å². The summed E-state index contributed by atoms with van der Waals surface area (Å²) in [6.07, 6.45) is 0. The smallest absolute Gasteiger partial charge is 0.159 e. The van der Waals surface area contributed by atoms with Crippen molar-refractivity contribution in [3.63, 3.8) is 0 Å². The van der Waals surface area contributed by atoms with Gasteiger partial charge < -0.3 is 0 Å². The van der Waals surface area contributed by atoms with Crippen LogP contribution in [-0.4, -0.2) is 15.5 Å². The first kappa shape index (κ1) is 12.9. The van der Waals surface area contributed by atoms with Gasteiger partial charge >= 0.3 is 0 Å². The summed E-state index contributed by atoms with van der Waals surface area (Å²) in [5.41, 5.74) is 3.05. The number of ketones is 2. The molecule has 100 valence electrons. The van der Waals surface area contributed by atoms with E-state index in [0.29, 0.717) is 11.1 Å². The van der Waals surface area contributed by atoms with Crippen molar-refractivity contribution >= 4 is 46.2 Å². The van der Waals surface area contributed by atoms with Crippen LogP contribution < -0.4 is 0 Å². The molecule has 0 aliphatic carbocycles. The normalized spacial score (nSPS) is 11.2. The van der Waals surface area contributed by atoms with Crippen molar-refractivity contribution in [1.82, 2.24) is 3.97 Å². The van der Waals surface area contributed by atoms with Crippen molar-refractivity contribution in [2.45, 2.75) is 13.8 Å². The van der Waals surface area contributed by atoms with Gasteiger partial charge in [0.15, 0.2) is 11.6 Å². The Morgan fingerprint density at radius 2 is 1.25 bits per heavy atom. The highest BCUT2D eigenvalue weighted by Gasteiger charge is 2.12. The first-order valence-corrected chi connectivity index (χ1v) is 6.68. The molecular weight excluding hydrogens is 270 g/mol. The predicted molar refractivity (Wildman–Crippen MR) is 83.8 cm³/mol. The van der Waals surface area contributed by atoms with Crippen LogP contribution in [0.2, 0.25) is 0 Å². The number of carbonyl (C=O) groups excluding carboxylic acids is 2. The van der Waals surface area contributed by atoms with Crippen LogP contribution in [0.4, 0.5) is 0 Å². The average Bonchev–Trinajstić information content (AvgIpc) is 2.71. The van der Waals surface area contributed by atoms with Crippen LogP contribution in [0.25, 0.3) is 21.8 Å². The summed E-state index contributed by atoms with van der Waals surface area (Å²) in [6, 6.07) is 11.1. The average molecular weight is 283 g/mol. The number of thiol groups is 1. The quantitative estimate of drug-likeness (QED) is 0.572. The summed E-state index contributed by atoms with van der Waals surface area (Å²) in [5, 5.41) is 2.05. The number of carbonyl (C=O) groups is 2. The zero-order valence-corrected chi connectivity index (χ0v) is 12.1. The van der Waals surface area contributed by atoms with Crippen molar-refractivity contribution in [2.24, 2.45) is 0 Å². The van der Waals surface area contributed by atoms with E-state index in [1.165, 1.54) is 0 Å². The molecule has 2 aromatic carbocycles. The third kappa shape index (κ3) is 1.84. The van der Waals surface area contributed by atoms with Crippen molar-refractivity contribution in [3.8, 4) is 0 Å². The molecule has 0 N–H and O–H groups in total. The predicted octanol–water partition coefficient (Wildman–Crippen LogP) is 3.89. The minimum Gasteiger partial charge on any atom is -0.295 e. The molecule has 0 spiro atoms. The molecule has 3 rings (SSSR count). The molecule has 0 atom stereocenters. The maximum absolute atomic E-state index is 11.5. The summed E-state index contributed by atoms with van der Waals surface area (Å²) in [4.78, 5) is 23.0. The Hall–Kier alpha value is -2.07. The summed E-state index contributed by atoms with van der Waals surface area (Å²) >= 11 is 4.49. The summed E-state index contributed by atoms with van der Waals surface area (Å²) in [5.74, 6) is 0.0461. The minimum absolute atomic E-state index is 0.0231. The van der Waals surface area contributed by atoms with E-state index >= 15 is 0 Å². The van der Waals surface area contributed by atoms with Gasteiger partial charge in [-0.25, -0.2) is 0 Å². The van der Waals surface area contributed by atoms with Crippen molar-refractivity contribution in [1.29, 1.82) is 0 Å². The molecule has 0 radical (unpaired) electrons. The fraction of sp³-hybridized carbons (Fsp3) is 0.125. The maximum Gasteiger partial charge on any atom is 0.159 e. The number of hydrogen-bond acceptors (Lipinski definition) is 3. The van der Waals surface area contributed by atoms with Crippen LogP contribution in [0, 0.1) is 0 Å². The molecule has 20 heavy (non-hydrogen) atoms. The largest absolute Gasteiger partial charge is 0.295 e. The van der Waals surface area contributed by atoms with E-state index in [1.807, 2.05) is 36.4 Å². The van der Waals surface area contributed by atoms with Crippen LogP contribution in [-0.2, 0) is 0 Å². The van der Waals surface area contributed by atoms with Gasteiger partial charge in [0.25, 0.3) is 0 Å². The first-order chi connectivity index (χ1) is 9.49. The fourth-order valence-electron chi connectivity index (χ4n) is 2.44. The highest BCUT2D eigenvalue weighted by Crippen LogP contribution is 2.31. The fourth-order valence-corrected chi connectivity index (χ4v) is 2.77. The Bertz CT molecular complexity index is 806. The third-order valence-corrected chi connectivity index (χ3v) is 3.99. The molecule has 0 unspecified atom stereocenters. The summed E-state index contributed by atoms with van der Waals surface area (Å²) < 4.78 is 1.73. The summed E-state index contributed by atoms with van der Waals surface area (Å²) in [6.45, 7) is 3.08. The maximum atomic E-state index is 11.5. The van der Waals surface area contributed by atoms with Gasteiger partial charge in [0.1, 0.15) is 0 Å². The lowest BCUT2D eigenvalue weighted by atomic mass is 10.1. The van der Waals surface area contributed by atoms with E-state index in [1.54, 1.807) is 17.8 Å². The van der Waals surface area contributed by atoms with Gasteiger partial charge in [-0.05, 0) is 26.0 Å². The lowest BCUT2D eigenvalue weighted by molar-refractivity contribution is 0.100. The highest BCUT2D eigenvalue weighted by molar-refractivity contribution is 7.79. The van der Waals surface area contributed by atoms with Crippen LogP contribution in [0.3, 0.4) is 0 Å². The number of benzene rings is 2. The second-order valence-corrected chi connectivity index (χ2v) is 5.29. The molecule has 0 fully saturated rings. The minimum atomic E-state index is 0.0231. The Balaban J connectivity index is 2.40. The summed E-state index contributed by atoms with van der Waals surface area (Å²) in [7, 11) is 0. The van der Waals surface area contributed by atoms with E-state index in [2.05, 4.69) is 12.8 Å². The lowest BCUT2D eigenvalue weighted by Crippen LogP contribution is -1.92. The molecular formula is C16H13NO2S. The molecule has 0 saturated heterocycles. The molecule has 3 aromatic rings. The molecule has 0 bridgehead atoms. The first-order valence-electron chi connectivity index (χ1n) is 6.28. The molecule has 1 aromatic heterocycles. The number of rotatable bonds is 2. The Labute approximate surface area is 121 Å². The van der Waals surface area contributed by atoms with Gasteiger partial charge in [0, 0.05) is 21.9 Å². The van der Waals surface area contributed by atoms with E-state index in [9.17, 15) is 9.59 Å². The standard InChI is InChI=1S/C16H13NO2S/c1-9(18)11-3-5-13-14-6-4-12(10(2)19)8-16(14)17(20)15(13)7-11/h3-8,20H,1-2H3. The monoisotopic (exact) mass is 283 g/mol. The van der Waals surface area contributed by atoms with Gasteiger partial charge in [0.05, 0.1) is 11.0 Å². The molecule has 0 aliphatic heterocycles. The van der Waals surface area contributed by atoms with E-state index in [4.69, 9.17) is 0 Å². The van der Waals surface area contributed by atoms with Gasteiger partial charge in [0.2, 0.25) is 0 Å². The van der Waals surface area contributed by atoms with E-state index in [0.717, 1.165) is 21.8 Å². The Morgan fingerprint density at radius 3 is 1.60 bits per heavy atom. The van der Waals surface area contributed by atoms with Crippen molar-refractivity contribution < 1.29 is 9.59 Å². The van der Waals surface area contributed by atoms with Gasteiger partial charge in [-0.2, -0.15) is 0 Å². The van der Waals surface area contributed by atoms with Gasteiger partial charge in [-0.15, -0.1) is 0 Å². The number of nitrogens with zero attached hydrogens (tertiary/aromatic N) is 1. The van der Waals surface area contributed by atoms with Gasteiger partial charge in [-0.1, -0.05) is 37.1 Å². The van der Waals surface area contributed by atoms with Crippen LogP contribution in [0.1, 0.15) is 34.6 Å². The number of aromatic nitrogens is 1. The molecule has 0 saturated carbocycles. The number of fused-ring (bicyclic) bond motifs is 3. The van der Waals surface area contributed by atoms with Crippen LogP contribution in [0.5, 0.6) is 0 Å². The van der Waals surface area contributed by atoms with Crippen molar-refractivity contribution in [2.75, 3.05) is 0 Å². The molecule has 0 aliphatic rings. The Morgan fingerprint density at radius 1 is 0.850 bits per heavy atom. The van der Waals surface area contributed by atoms with Gasteiger partial charge in [-0.3, -0.25) is 13.6 Å². The zero-order chi connectivity index (χ0) is 14.4. The highest BCUT2D eigenvalue weighted by atomic mass is 32.1. The third-order valence-electron chi connectivity index (χ3n) is 3.56. The molecule has 0 amide bonds. The van der Waals surface area contributed by atoms with Crippen LogP contribution in [0.15, 0.2) is 36.4 Å². The second kappa shape index (κ2) is 4.49. The Kier molecular flexibility index (Phi) is 2.91. The van der Waals surface area contributed by atoms with E-state index < -0.39 is 0 Å². The lowest BCUT2D eigenvalue weighted by Gasteiger charge is -1.99. The molecule has 4 heteroatoms. The number of Topliss-reactive ketones (excluding diaryl/α,β-unsaturated/α-hetero) is 2. The second-order valence-electron chi connectivity index (χ2n) is 4.89. The zero-order valence-electron chi connectivity index (χ0n) is 11.2. The van der Waals surface area contributed by atoms with Crippen molar-refractivity contribution in [3.05, 3.63) is 47.5 Å². The topological polar surface area (TPSA) is 39.1 Å².